The smallest absolute Gasteiger partial charge is 0.194 e. The van der Waals surface area contributed by atoms with Crippen LogP contribution in [0.3, 0.4) is 0 Å². The Bertz CT molecular complexity index is 1290. The second-order valence-corrected chi connectivity index (χ2v) is 13.9. The molecule has 6 bridgehead atoms. The highest BCUT2D eigenvalue weighted by molar-refractivity contribution is 7.98. The third-order valence-corrected chi connectivity index (χ3v) is 11.7. The fraction of sp³-hybridized carbons (Fsp3) is 0.407. The Morgan fingerprint density at radius 2 is 0.919 bits per heavy atom. The summed E-state index contributed by atoms with van der Waals surface area (Å²) in [5, 5.41) is 0. The highest BCUT2D eigenvalue weighted by atomic mass is 32.2. The molecule has 0 N–H and O–H groups in total. The minimum atomic E-state index is -5.54. The molecular weight excluding hydrogens is 567 g/mol. The summed E-state index contributed by atoms with van der Waals surface area (Å²) in [5.74, 6) is -13.3. The van der Waals surface area contributed by atoms with Gasteiger partial charge in [-0.15, -0.1) is 22.7 Å². The SMILES string of the molecule is Cc1sc2c(C)c1CSCc1ccc(cc1)CSCc1c(C)sc(c1C)C1=C2C(F)(F)C(F)(F)C1(F)F. The predicted octanol–water partition coefficient (Wildman–Crippen LogP) is 10.1. The maximum atomic E-state index is 15.4. The predicted molar refractivity (Wildman–Crippen MR) is 146 cm³/mol. The van der Waals surface area contributed by atoms with Gasteiger partial charge in [-0.2, -0.15) is 49.9 Å². The van der Waals surface area contributed by atoms with E-state index < -0.39 is 28.9 Å². The van der Waals surface area contributed by atoms with Gasteiger partial charge in [-0.05, 0) is 61.1 Å². The topological polar surface area (TPSA) is 0 Å². The Balaban J connectivity index is 1.77. The molecule has 0 saturated heterocycles. The maximum absolute atomic E-state index is 15.4. The number of halogens is 6. The molecule has 198 valence electrons. The highest BCUT2D eigenvalue weighted by Gasteiger charge is 2.80. The number of aryl methyl sites for hydroxylation is 2. The number of hydrogen-bond donors (Lipinski definition) is 0. The normalized spacial score (nSPS) is 20.6. The van der Waals surface area contributed by atoms with Crippen molar-refractivity contribution in [2.75, 3.05) is 0 Å². The van der Waals surface area contributed by atoms with Gasteiger partial charge in [0.2, 0.25) is 0 Å². The number of thiophene rings is 2. The van der Waals surface area contributed by atoms with Crippen LogP contribution in [0, 0.1) is 27.7 Å². The summed E-state index contributed by atoms with van der Waals surface area (Å²) in [4.78, 5) is 1.00. The van der Waals surface area contributed by atoms with Gasteiger partial charge in [-0.3, -0.25) is 0 Å². The second kappa shape index (κ2) is 9.38. The molecule has 2 aromatic heterocycles. The first-order valence-corrected chi connectivity index (χ1v) is 15.5. The zero-order valence-electron chi connectivity index (χ0n) is 20.5. The fourth-order valence-corrected chi connectivity index (χ4v) is 9.94. The summed E-state index contributed by atoms with van der Waals surface area (Å²) in [6.45, 7) is 6.61. The van der Waals surface area contributed by atoms with Crippen LogP contribution in [-0.4, -0.2) is 17.8 Å². The summed E-state index contributed by atoms with van der Waals surface area (Å²) in [6.07, 6.45) is 0. The van der Waals surface area contributed by atoms with Crippen LogP contribution in [-0.2, 0) is 23.0 Å². The first-order valence-electron chi connectivity index (χ1n) is 11.6. The van der Waals surface area contributed by atoms with Gasteiger partial charge in [0.15, 0.2) is 0 Å². The van der Waals surface area contributed by atoms with Crippen molar-refractivity contribution in [3.05, 3.63) is 77.2 Å². The number of alkyl halides is 6. The molecule has 0 atom stereocenters. The Hall–Kier alpha value is -1.36. The van der Waals surface area contributed by atoms with Crippen molar-refractivity contribution in [1.29, 1.82) is 0 Å². The number of thioether (sulfide) groups is 2. The number of rotatable bonds is 0. The van der Waals surface area contributed by atoms with Gasteiger partial charge in [0.25, 0.3) is 0 Å². The van der Waals surface area contributed by atoms with Crippen LogP contribution in [0.4, 0.5) is 26.3 Å². The van der Waals surface area contributed by atoms with Gasteiger partial charge < -0.3 is 0 Å². The van der Waals surface area contributed by atoms with Crippen LogP contribution >= 0.6 is 46.2 Å². The molecule has 1 aromatic carbocycles. The minimum Gasteiger partial charge on any atom is -0.194 e. The first kappa shape index (κ1) is 27.2. The lowest BCUT2D eigenvalue weighted by molar-refractivity contribution is -0.254. The van der Waals surface area contributed by atoms with Crippen LogP contribution in [0.2, 0.25) is 0 Å². The number of hydrogen-bond acceptors (Lipinski definition) is 4. The van der Waals surface area contributed by atoms with E-state index in [1.165, 1.54) is 0 Å². The Kier molecular flexibility index (Phi) is 6.90. The molecule has 1 aliphatic carbocycles. The van der Waals surface area contributed by atoms with E-state index >= 15 is 17.6 Å². The van der Waals surface area contributed by atoms with Crippen molar-refractivity contribution in [2.45, 2.75) is 68.5 Å². The third-order valence-electron chi connectivity index (χ3n) is 7.12. The van der Waals surface area contributed by atoms with E-state index in [4.69, 9.17) is 0 Å². The fourth-order valence-electron chi connectivity index (χ4n) is 4.89. The average molecular weight is 591 g/mol. The van der Waals surface area contributed by atoms with Crippen molar-refractivity contribution in [1.82, 2.24) is 0 Å². The van der Waals surface area contributed by atoms with Crippen LogP contribution in [0.25, 0.3) is 11.1 Å². The summed E-state index contributed by atoms with van der Waals surface area (Å²) in [7, 11) is 0. The van der Waals surface area contributed by atoms with Crippen LogP contribution in [0.5, 0.6) is 0 Å². The lowest BCUT2D eigenvalue weighted by Crippen LogP contribution is -2.48. The molecule has 0 saturated carbocycles. The molecule has 4 heterocycles. The lowest BCUT2D eigenvalue weighted by atomic mass is 9.98. The third kappa shape index (κ3) is 4.12. The molecule has 3 aliphatic rings. The first-order chi connectivity index (χ1) is 17.3. The molecule has 37 heavy (non-hydrogen) atoms. The van der Waals surface area contributed by atoms with E-state index in [1.54, 1.807) is 51.2 Å². The molecule has 2 aliphatic heterocycles. The second-order valence-electron chi connectivity index (χ2n) is 9.46. The molecule has 0 radical (unpaired) electrons. The molecule has 0 unspecified atom stereocenters. The number of fused-ring (bicyclic) bond motifs is 6. The van der Waals surface area contributed by atoms with Gasteiger partial charge >= 0.3 is 17.8 Å². The van der Waals surface area contributed by atoms with E-state index in [9.17, 15) is 8.78 Å². The Labute approximate surface area is 228 Å². The zero-order valence-corrected chi connectivity index (χ0v) is 23.8. The van der Waals surface area contributed by atoms with Crippen molar-refractivity contribution in [3.8, 4) is 0 Å². The number of benzene rings is 1. The van der Waals surface area contributed by atoms with Crippen molar-refractivity contribution in [2.24, 2.45) is 0 Å². The van der Waals surface area contributed by atoms with Crippen LogP contribution in [0.15, 0.2) is 24.3 Å². The van der Waals surface area contributed by atoms with Crippen LogP contribution < -0.4 is 0 Å². The largest absolute Gasteiger partial charge is 0.380 e. The monoisotopic (exact) mass is 590 g/mol. The van der Waals surface area contributed by atoms with E-state index in [1.807, 2.05) is 0 Å². The molecule has 10 heteroatoms. The molecule has 0 amide bonds. The van der Waals surface area contributed by atoms with Gasteiger partial charge in [0, 0.05) is 42.5 Å². The summed E-state index contributed by atoms with van der Waals surface area (Å²) >= 11 is 4.97. The summed E-state index contributed by atoms with van der Waals surface area (Å²) in [6, 6.07) is 8.29. The molecular formula is C27H24F6S4. The van der Waals surface area contributed by atoms with Crippen LogP contribution in [0.1, 0.15) is 52.9 Å². The Morgan fingerprint density at radius 1 is 0.568 bits per heavy atom. The van der Waals surface area contributed by atoms with E-state index in [0.717, 1.165) is 44.9 Å². The van der Waals surface area contributed by atoms with Gasteiger partial charge in [0.1, 0.15) is 0 Å². The molecule has 0 nitrogen and oxygen atoms in total. The van der Waals surface area contributed by atoms with Gasteiger partial charge in [-0.25, -0.2) is 0 Å². The zero-order chi connectivity index (χ0) is 26.9. The number of allylic oxidation sites excluding steroid dienone is 2. The molecule has 6 rings (SSSR count). The molecule has 0 spiro atoms. The van der Waals surface area contributed by atoms with Gasteiger partial charge in [-0.1, -0.05) is 24.3 Å². The van der Waals surface area contributed by atoms with Crippen molar-refractivity contribution < 1.29 is 26.3 Å². The van der Waals surface area contributed by atoms with E-state index in [2.05, 4.69) is 24.3 Å². The summed E-state index contributed by atoms with van der Waals surface area (Å²) in [5.41, 5.74) is 2.01. The summed E-state index contributed by atoms with van der Waals surface area (Å²) < 4.78 is 91.5. The van der Waals surface area contributed by atoms with Crippen molar-refractivity contribution in [3.63, 3.8) is 0 Å². The standard InChI is InChI=1S/C27H24F6S4/c1-13-19-11-34-9-17-5-7-18(8-6-17)10-35-12-20-14(2)24(37-16(20)4)22-21(23(13)36-15(19)3)25(28,29)27(32,33)26(22,30)31/h5-8H,9-12H2,1-4H3. The molecule has 0 fully saturated rings. The maximum Gasteiger partial charge on any atom is 0.380 e. The lowest BCUT2D eigenvalue weighted by Gasteiger charge is -2.25. The quantitative estimate of drug-likeness (QED) is 0.239. The molecule has 3 aromatic rings. The van der Waals surface area contributed by atoms with Gasteiger partial charge in [0.05, 0.1) is 11.1 Å². The average Bonchev–Trinajstić information content (AvgIpc) is 3.29. The minimum absolute atomic E-state index is 0.170. The van der Waals surface area contributed by atoms with E-state index in [0.29, 0.717) is 43.9 Å². The Morgan fingerprint density at radius 3 is 1.27 bits per heavy atom. The van der Waals surface area contributed by atoms with Crippen molar-refractivity contribution >= 4 is 57.3 Å². The van der Waals surface area contributed by atoms with E-state index in [-0.39, 0.29) is 9.75 Å². The highest BCUT2D eigenvalue weighted by Crippen LogP contribution is 2.66.